The highest BCUT2D eigenvalue weighted by atomic mass is 19.1. The number of hydrogen-bond donors (Lipinski definition) is 1. The fourth-order valence-electron chi connectivity index (χ4n) is 0.455. The van der Waals surface area contributed by atoms with Gasteiger partial charge in [-0.05, 0) is 20.8 Å². The summed E-state index contributed by atoms with van der Waals surface area (Å²) in [6, 6.07) is 0. The molecule has 0 aromatic carbocycles. The molecule has 0 heterocycles. The van der Waals surface area contributed by atoms with Crippen LogP contribution in [0.1, 0.15) is 20.8 Å². The van der Waals surface area contributed by atoms with Crippen molar-refractivity contribution in [3.05, 3.63) is 0 Å². The maximum atomic E-state index is 13.2. The molecule has 1 atom stereocenters. The molecule has 0 amide bonds. The van der Waals surface area contributed by atoms with Gasteiger partial charge >= 0.3 is 5.97 Å². The molecule has 1 unspecified atom stereocenters. The summed E-state index contributed by atoms with van der Waals surface area (Å²) in [4.78, 5) is 10.9. The SMILES string of the molecule is COC(=O)C(C)(N)C(C)(C)F. The highest BCUT2D eigenvalue weighted by molar-refractivity contribution is 5.81. The Morgan fingerprint density at radius 1 is 1.45 bits per heavy atom. The lowest BCUT2D eigenvalue weighted by atomic mass is 9.87. The second-order valence-corrected chi connectivity index (χ2v) is 3.17. The average Bonchev–Trinajstić information content (AvgIpc) is 1.83. The van der Waals surface area contributed by atoms with Crippen molar-refractivity contribution in [2.24, 2.45) is 5.73 Å². The monoisotopic (exact) mass is 163 g/mol. The molecule has 0 aliphatic carbocycles. The Kier molecular flexibility index (Phi) is 2.61. The van der Waals surface area contributed by atoms with E-state index in [0.29, 0.717) is 0 Å². The minimum atomic E-state index is -1.78. The van der Waals surface area contributed by atoms with Crippen molar-refractivity contribution in [2.45, 2.75) is 32.0 Å². The third-order valence-corrected chi connectivity index (χ3v) is 1.84. The number of nitrogens with two attached hydrogens (primary N) is 1. The van der Waals surface area contributed by atoms with Gasteiger partial charge in [-0.15, -0.1) is 0 Å². The predicted molar refractivity (Wildman–Crippen MR) is 39.8 cm³/mol. The quantitative estimate of drug-likeness (QED) is 0.607. The van der Waals surface area contributed by atoms with Gasteiger partial charge < -0.3 is 10.5 Å². The smallest absolute Gasteiger partial charge is 0.328 e. The van der Waals surface area contributed by atoms with E-state index in [9.17, 15) is 9.18 Å². The third-order valence-electron chi connectivity index (χ3n) is 1.84. The van der Waals surface area contributed by atoms with Crippen LogP contribution in [0, 0.1) is 0 Å². The maximum Gasteiger partial charge on any atom is 0.328 e. The first-order chi connectivity index (χ1) is 4.73. The number of carbonyl (C=O) groups is 1. The van der Waals surface area contributed by atoms with Crippen molar-refractivity contribution in [1.29, 1.82) is 0 Å². The Morgan fingerprint density at radius 2 is 1.82 bits per heavy atom. The molecule has 0 radical (unpaired) electrons. The van der Waals surface area contributed by atoms with Gasteiger partial charge in [0, 0.05) is 0 Å². The number of halogens is 1. The summed E-state index contributed by atoms with van der Waals surface area (Å²) in [5.41, 5.74) is 2.04. The van der Waals surface area contributed by atoms with Gasteiger partial charge in [-0.1, -0.05) is 0 Å². The van der Waals surface area contributed by atoms with E-state index in [2.05, 4.69) is 4.74 Å². The van der Waals surface area contributed by atoms with Crippen molar-refractivity contribution >= 4 is 5.97 Å². The van der Waals surface area contributed by atoms with E-state index in [1.54, 1.807) is 0 Å². The maximum absolute atomic E-state index is 13.2. The Labute approximate surface area is 65.7 Å². The zero-order valence-corrected chi connectivity index (χ0v) is 7.27. The number of esters is 1. The van der Waals surface area contributed by atoms with Crippen LogP contribution in [-0.4, -0.2) is 24.3 Å². The van der Waals surface area contributed by atoms with Gasteiger partial charge in [0.15, 0.2) is 0 Å². The molecule has 11 heavy (non-hydrogen) atoms. The molecular formula is C7H14FNO2. The first-order valence-electron chi connectivity index (χ1n) is 3.29. The van der Waals surface area contributed by atoms with E-state index in [4.69, 9.17) is 5.73 Å². The van der Waals surface area contributed by atoms with Crippen LogP contribution in [0.2, 0.25) is 0 Å². The van der Waals surface area contributed by atoms with Crippen LogP contribution in [0.5, 0.6) is 0 Å². The lowest BCUT2D eigenvalue weighted by molar-refractivity contribution is -0.151. The van der Waals surface area contributed by atoms with Crippen LogP contribution in [0.3, 0.4) is 0 Å². The molecule has 0 rings (SSSR count). The minimum absolute atomic E-state index is 0.745. The molecule has 0 saturated heterocycles. The van der Waals surface area contributed by atoms with Crippen LogP contribution in [0.15, 0.2) is 0 Å². The summed E-state index contributed by atoms with van der Waals surface area (Å²) >= 11 is 0. The average molecular weight is 163 g/mol. The van der Waals surface area contributed by atoms with E-state index in [0.717, 1.165) is 0 Å². The number of methoxy groups -OCH3 is 1. The topological polar surface area (TPSA) is 52.3 Å². The molecule has 2 N–H and O–H groups in total. The van der Waals surface area contributed by atoms with Crippen molar-refractivity contribution in [1.82, 2.24) is 0 Å². The van der Waals surface area contributed by atoms with Crippen molar-refractivity contribution in [2.75, 3.05) is 7.11 Å². The number of alkyl halides is 1. The van der Waals surface area contributed by atoms with Crippen LogP contribution in [0.25, 0.3) is 0 Å². The third kappa shape index (κ3) is 1.89. The summed E-state index contributed by atoms with van der Waals surface area (Å²) < 4.78 is 17.5. The van der Waals surface area contributed by atoms with E-state index in [-0.39, 0.29) is 0 Å². The molecule has 0 aromatic heterocycles. The summed E-state index contributed by atoms with van der Waals surface area (Å²) in [5.74, 6) is -0.745. The Balaban J connectivity index is 4.59. The minimum Gasteiger partial charge on any atom is -0.468 e. The number of hydrogen-bond acceptors (Lipinski definition) is 3. The van der Waals surface area contributed by atoms with Gasteiger partial charge in [-0.25, -0.2) is 9.18 Å². The van der Waals surface area contributed by atoms with Crippen LogP contribution in [0.4, 0.5) is 4.39 Å². The van der Waals surface area contributed by atoms with Gasteiger partial charge in [0.05, 0.1) is 7.11 Å². The molecular weight excluding hydrogens is 149 g/mol. The van der Waals surface area contributed by atoms with Gasteiger partial charge in [0.2, 0.25) is 0 Å². The standard InChI is InChI=1S/C7H14FNO2/c1-6(2,8)7(3,9)5(10)11-4/h9H2,1-4H3. The van der Waals surface area contributed by atoms with Gasteiger partial charge in [-0.3, -0.25) is 0 Å². The molecule has 3 nitrogen and oxygen atoms in total. The first kappa shape index (κ1) is 10.4. The van der Waals surface area contributed by atoms with Crippen molar-refractivity contribution in [3.63, 3.8) is 0 Å². The fourth-order valence-corrected chi connectivity index (χ4v) is 0.455. The lowest BCUT2D eigenvalue weighted by Crippen LogP contribution is -2.58. The van der Waals surface area contributed by atoms with Gasteiger partial charge in [0.25, 0.3) is 0 Å². The van der Waals surface area contributed by atoms with Crippen LogP contribution in [-0.2, 0) is 9.53 Å². The number of rotatable bonds is 2. The molecule has 0 aromatic rings. The number of ether oxygens (including phenoxy) is 1. The zero-order valence-electron chi connectivity index (χ0n) is 7.27. The van der Waals surface area contributed by atoms with Crippen LogP contribution >= 0.6 is 0 Å². The second kappa shape index (κ2) is 2.77. The normalized spacial score (nSPS) is 17.3. The largest absolute Gasteiger partial charge is 0.468 e. The second-order valence-electron chi connectivity index (χ2n) is 3.17. The van der Waals surface area contributed by atoms with E-state index in [1.807, 2.05) is 0 Å². The predicted octanol–water partition coefficient (Wildman–Crippen LogP) is 0.625. The molecule has 0 spiro atoms. The lowest BCUT2D eigenvalue weighted by Gasteiger charge is -2.31. The van der Waals surface area contributed by atoms with Crippen LogP contribution < -0.4 is 5.73 Å². The summed E-state index contributed by atoms with van der Waals surface area (Å²) in [6.45, 7) is 3.78. The molecule has 0 aliphatic rings. The highest BCUT2D eigenvalue weighted by Crippen LogP contribution is 2.24. The van der Waals surface area contributed by atoms with E-state index < -0.39 is 17.2 Å². The Morgan fingerprint density at radius 3 is 1.91 bits per heavy atom. The molecule has 0 aliphatic heterocycles. The van der Waals surface area contributed by atoms with E-state index >= 15 is 0 Å². The highest BCUT2D eigenvalue weighted by Gasteiger charge is 2.45. The van der Waals surface area contributed by atoms with Crippen molar-refractivity contribution in [3.8, 4) is 0 Å². The molecule has 66 valence electrons. The molecule has 0 bridgehead atoms. The van der Waals surface area contributed by atoms with Gasteiger partial charge in [0.1, 0.15) is 11.2 Å². The molecule has 0 fully saturated rings. The molecule has 0 saturated carbocycles. The summed E-state index contributed by atoms with van der Waals surface area (Å²) in [5, 5.41) is 0. The van der Waals surface area contributed by atoms with Crippen molar-refractivity contribution < 1.29 is 13.9 Å². The Hall–Kier alpha value is -0.640. The summed E-state index contributed by atoms with van der Waals surface area (Å²) in [7, 11) is 1.18. The first-order valence-corrected chi connectivity index (χ1v) is 3.29. The molecule has 4 heteroatoms. The number of carbonyl (C=O) groups excluding carboxylic acids is 1. The fraction of sp³-hybridized carbons (Fsp3) is 0.857. The van der Waals surface area contributed by atoms with E-state index in [1.165, 1.54) is 27.9 Å². The Bertz CT molecular complexity index is 160. The van der Waals surface area contributed by atoms with Gasteiger partial charge in [-0.2, -0.15) is 0 Å². The summed E-state index contributed by atoms with van der Waals surface area (Å²) in [6.07, 6.45) is 0. The zero-order chi connectivity index (χ0) is 9.28.